The maximum atomic E-state index is 13.4. The van der Waals surface area contributed by atoms with Gasteiger partial charge in [0, 0.05) is 11.1 Å². The fourth-order valence-electron chi connectivity index (χ4n) is 3.75. The Hall–Kier alpha value is -3.65. The number of hydrogen-bond acceptors (Lipinski definition) is 2. The third-order valence-corrected chi connectivity index (χ3v) is 5.19. The number of carbonyl (C=O) groups is 1. The maximum absolute atomic E-state index is 13.4. The molecular formula is C27H22O2. The summed E-state index contributed by atoms with van der Waals surface area (Å²) in [6, 6.07) is 30.9. The first-order valence-electron chi connectivity index (χ1n) is 9.80. The zero-order valence-corrected chi connectivity index (χ0v) is 16.3. The van der Waals surface area contributed by atoms with Crippen molar-refractivity contribution < 1.29 is 9.90 Å². The first kappa shape index (κ1) is 18.7. The van der Waals surface area contributed by atoms with Crippen molar-refractivity contribution in [2.24, 2.45) is 0 Å². The minimum Gasteiger partial charge on any atom is -0.507 e. The van der Waals surface area contributed by atoms with Crippen LogP contribution in [0, 0.1) is 0 Å². The number of benzene rings is 4. The highest BCUT2D eigenvalue weighted by atomic mass is 16.3. The lowest BCUT2D eigenvalue weighted by atomic mass is 9.86. The summed E-state index contributed by atoms with van der Waals surface area (Å²) in [5, 5.41) is 11.3. The number of phenols is 1. The largest absolute Gasteiger partial charge is 0.507 e. The Kier molecular flexibility index (Phi) is 5.26. The molecule has 0 atom stereocenters. The molecule has 0 unspecified atom stereocenters. The molecule has 4 rings (SSSR count). The quantitative estimate of drug-likeness (QED) is 0.401. The molecule has 0 radical (unpaired) electrons. The summed E-state index contributed by atoms with van der Waals surface area (Å²) < 4.78 is 0. The molecule has 0 aliphatic heterocycles. The zero-order chi connectivity index (χ0) is 20.2. The van der Waals surface area contributed by atoms with E-state index in [1.807, 2.05) is 91.9 Å². The van der Waals surface area contributed by atoms with Gasteiger partial charge in [-0.05, 0) is 34.7 Å². The molecule has 0 spiro atoms. The lowest BCUT2D eigenvalue weighted by molar-refractivity contribution is 0.103. The van der Waals surface area contributed by atoms with Crippen LogP contribution in [0.1, 0.15) is 28.4 Å². The summed E-state index contributed by atoms with van der Waals surface area (Å²) in [4.78, 5) is 13.4. The Balaban J connectivity index is 2.03. The van der Waals surface area contributed by atoms with Crippen LogP contribution in [0.2, 0.25) is 0 Å². The van der Waals surface area contributed by atoms with E-state index in [0.717, 1.165) is 27.8 Å². The highest BCUT2D eigenvalue weighted by molar-refractivity contribution is 6.15. The highest BCUT2D eigenvalue weighted by Gasteiger charge is 2.24. The molecule has 4 aromatic carbocycles. The summed E-state index contributed by atoms with van der Waals surface area (Å²) in [5.74, 6) is -0.0992. The third kappa shape index (κ3) is 3.57. The van der Waals surface area contributed by atoms with Crippen LogP contribution in [0.3, 0.4) is 0 Å². The molecule has 2 heteroatoms. The van der Waals surface area contributed by atoms with Gasteiger partial charge in [-0.25, -0.2) is 0 Å². The predicted molar refractivity (Wildman–Crippen MR) is 118 cm³/mol. The normalized spacial score (nSPS) is 10.7. The molecule has 0 fully saturated rings. The molecule has 0 aromatic heterocycles. The Morgan fingerprint density at radius 2 is 1.21 bits per heavy atom. The smallest absolute Gasteiger partial charge is 0.197 e. The van der Waals surface area contributed by atoms with E-state index in [0.29, 0.717) is 17.5 Å². The molecule has 0 aliphatic carbocycles. The van der Waals surface area contributed by atoms with E-state index in [1.54, 1.807) is 12.1 Å². The van der Waals surface area contributed by atoms with Gasteiger partial charge in [-0.2, -0.15) is 0 Å². The number of rotatable bonds is 5. The molecule has 1 N–H and O–H groups in total. The van der Waals surface area contributed by atoms with Gasteiger partial charge in [0.15, 0.2) is 5.78 Å². The van der Waals surface area contributed by atoms with E-state index >= 15 is 0 Å². The van der Waals surface area contributed by atoms with Crippen molar-refractivity contribution in [2.75, 3.05) is 0 Å². The lowest BCUT2D eigenvalue weighted by Gasteiger charge is -2.19. The van der Waals surface area contributed by atoms with Gasteiger partial charge in [0.25, 0.3) is 0 Å². The SMILES string of the molecule is CCc1c(-c2ccccc2)cc(-c2ccccc2)c(C(=O)c2ccccc2)c1O. The highest BCUT2D eigenvalue weighted by Crippen LogP contribution is 2.41. The number of ketones is 1. The molecule has 0 aliphatic rings. The second-order valence-electron chi connectivity index (χ2n) is 6.95. The molecular weight excluding hydrogens is 356 g/mol. The molecule has 0 amide bonds. The minimum absolute atomic E-state index is 0.0709. The monoisotopic (exact) mass is 378 g/mol. The lowest BCUT2D eigenvalue weighted by Crippen LogP contribution is -2.07. The average molecular weight is 378 g/mol. The number of aromatic hydroxyl groups is 1. The number of phenolic OH excluding ortho intramolecular Hbond substituents is 1. The van der Waals surface area contributed by atoms with Crippen molar-refractivity contribution in [1.29, 1.82) is 0 Å². The maximum Gasteiger partial charge on any atom is 0.197 e. The van der Waals surface area contributed by atoms with Gasteiger partial charge in [-0.15, -0.1) is 0 Å². The van der Waals surface area contributed by atoms with Crippen LogP contribution in [0.4, 0.5) is 0 Å². The molecule has 0 bridgehead atoms. The fraction of sp³-hybridized carbons (Fsp3) is 0.0741. The van der Waals surface area contributed by atoms with Crippen LogP contribution in [0.15, 0.2) is 97.1 Å². The first-order chi connectivity index (χ1) is 14.2. The third-order valence-electron chi connectivity index (χ3n) is 5.19. The summed E-state index contributed by atoms with van der Waals surface area (Å²) in [7, 11) is 0. The van der Waals surface area contributed by atoms with Crippen LogP contribution < -0.4 is 0 Å². The van der Waals surface area contributed by atoms with Crippen molar-refractivity contribution in [1.82, 2.24) is 0 Å². The summed E-state index contributed by atoms with van der Waals surface area (Å²) >= 11 is 0. The zero-order valence-electron chi connectivity index (χ0n) is 16.3. The van der Waals surface area contributed by atoms with E-state index < -0.39 is 0 Å². The average Bonchev–Trinajstić information content (AvgIpc) is 2.79. The minimum atomic E-state index is -0.170. The number of carbonyl (C=O) groups excluding carboxylic acids is 1. The van der Waals surface area contributed by atoms with Crippen molar-refractivity contribution in [3.8, 4) is 28.0 Å². The van der Waals surface area contributed by atoms with E-state index in [-0.39, 0.29) is 11.5 Å². The molecule has 29 heavy (non-hydrogen) atoms. The number of hydrogen-bond donors (Lipinski definition) is 1. The summed E-state index contributed by atoms with van der Waals surface area (Å²) in [6.45, 7) is 2.00. The van der Waals surface area contributed by atoms with E-state index in [1.165, 1.54) is 0 Å². The molecule has 0 saturated carbocycles. The Bertz CT molecular complexity index is 1130. The van der Waals surface area contributed by atoms with E-state index in [2.05, 4.69) is 0 Å². The molecule has 0 heterocycles. The van der Waals surface area contributed by atoms with Gasteiger partial charge < -0.3 is 5.11 Å². The van der Waals surface area contributed by atoms with Crippen LogP contribution >= 0.6 is 0 Å². The van der Waals surface area contributed by atoms with Crippen LogP contribution in [0.5, 0.6) is 5.75 Å². The van der Waals surface area contributed by atoms with Gasteiger partial charge in [0.1, 0.15) is 5.75 Å². The van der Waals surface area contributed by atoms with Crippen LogP contribution in [-0.2, 0) is 6.42 Å². The predicted octanol–water partition coefficient (Wildman–Crippen LogP) is 6.52. The van der Waals surface area contributed by atoms with Gasteiger partial charge in [0.05, 0.1) is 5.56 Å². The van der Waals surface area contributed by atoms with Gasteiger partial charge in [-0.1, -0.05) is 97.9 Å². The summed E-state index contributed by atoms with van der Waals surface area (Å²) in [5.41, 5.74) is 5.34. The van der Waals surface area contributed by atoms with Crippen molar-refractivity contribution in [3.63, 3.8) is 0 Å². The van der Waals surface area contributed by atoms with Crippen LogP contribution in [0.25, 0.3) is 22.3 Å². The Labute approximate surface area is 171 Å². The molecule has 4 aromatic rings. The second-order valence-corrected chi connectivity index (χ2v) is 6.95. The summed E-state index contributed by atoms with van der Waals surface area (Å²) in [6.07, 6.45) is 0.625. The van der Waals surface area contributed by atoms with E-state index in [4.69, 9.17) is 0 Å². The van der Waals surface area contributed by atoms with E-state index in [9.17, 15) is 9.90 Å². The Morgan fingerprint density at radius 3 is 1.72 bits per heavy atom. The van der Waals surface area contributed by atoms with Crippen molar-refractivity contribution in [2.45, 2.75) is 13.3 Å². The van der Waals surface area contributed by atoms with Gasteiger partial charge in [-0.3, -0.25) is 4.79 Å². The first-order valence-corrected chi connectivity index (χ1v) is 9.80. The molecule has 142 valence electrons. The molecule has 2 nitrogen and oxygen atoms in total. The fourth-order valence-corrected chi connectivity index (χ4v) is 3.75. The topological polar surface area (TPSA) is 37.3 Å². The Morgan fingerprint density at radius 1 is 0.724 bits per heavy atom. The van der Waals surface area contributed by atoms with Crippen LogP contribution in [-0.4, -0.2) is 10.9 Å². The second kappa shape index (κ2) is 8.15. The standard InChI is InChI=1S/C27H22O2/c1-2-22-23(19-12-6-3-7-13-19)18-24(20-14-8-4-9-15-20)25(27(22)29)26(28)21-16-10-5-11-17-21/h3-18,29H,2H2,1H3. The van der Waals surface area contributed by atoms with Crippen molar-refractivity contribution in [3.05, 3.63) is 114 Å². The van der Waals surface area contributed by atoms with Gasteiger partial charge in [0.2, 0.25) is 0 Å². The van der Waals surface area contributed by atoms with Crippen molar-refractivity contribution >= 4 is 5.78 Å². The van der Waals surface area contributed by atoms with Gasteiger partial charge >= 0.3 is 0 Å². The molecule has 0 saturated heterocycles.